The average molecular weight is 227 g/mol. The number of aromatic nitrogens is 1. The fraction of sp³-hybridized carbons (Fsp3) is 0.0833. The minimum Gasteiger partial charge on any atom is -0.384 e. The van der Waals surface area contributed by atoms with E-state index in [0.29, 0.717) is 5.82 Å². The lowest BCUT2D eigenvalue weighted by Gasteiger charge is -2.07. The molecule has 0 bridgehead atoms. The number of fused-ring (bicyclic) bond motifs is 1. The molecule has 1 aromatic heterocycles. The Hall–Kier alpha value is -2.27. The summed E-state index contributed by atoms with van der Waals surface area (Å²) >= 11 is 0. The molecular weight excluding hydrogens is 214 g/mol. The van der Waals surface area contributed by atoms with Crippen molar-refractivity contribution in [2.24, 2.45) is 0 Å². The van der Waals surface area contributed by atoms with Crippen LogP contribution in [0.2, 0.25) is 0 Å². The fourth-order valence-corrected chi connectivity index (χ4v) is 1.96. The summed E-state index contributed by atoms with van der Waals surface area (Å²) in [6, 6.07) is 12.2. The number of hydrazine groups is 2. The number of nitrogens with one attached hydrogen (secondary N) is 3. The molecule has 0 atom stereocenters. The van der Waals surface area contributed by atoms with E-state index in [2.05, 4.69) is 33.5 Å². The summed E-state index contributed by atoms with van der Waals surface area (Å²) in [5.74, 6) is 1.27. The molecule has 0 saturated heterocycles. The Morgan fingerprint density at radius 3 is 2.76 bits per heavy atom. The third kappa shape index (κ3) is 1.88. The van der Waals surface area contributed by atoms with Gasteiger partial charge in [0.25, 0.3) is 0 Å². The third-order valence-electron chi connectivity index (χ3n) is 2.73. The number of nitrogens with two attached hydrogens (primary N) is 1. The van der Waals surface area contributed by atoms with E-state index in [0.717, 1.165) is 23.5 Å². The highest BCUT2D eigenvalue weighted by Crippen LogP contribution is 2.29. The lowest BCUT2D eigenvalue weighted by atomic mass is 10.0. The molecule has 0 spiro atoms. The van der Waals surface area contributed by atoms with Gasteiger partial charge in [-0.2, -0.15) is 0 Å². The molecule has 5 nitrogen and oxygen atoms in total. The number of nitrogen functional groups attached to an aromatic ring is 1. The first-order valence-corrected chi connectivity index (χ1v) is 5.43. The number of anilines is 3. The maximum atomic E-state index is 5.78. The van der Waals surface area contributed by atoms with Gasteiger partial charge < -0.3 is 11.2 Å². The highest BCUT2D eigenvalue weighted by atomic mass is 15.6. The molecule has 5 heteroatoms. The lowest BCUT2D eigenvalue weighted by Crippen LogP contribution is -2.19. The highest BCUT2D eigenvalue weighted by molar-refractivity contribution is 5.74. The lowest BCUT2D eigenvalue weighted by molar-refractivity contribution is 0.997. The zero-order valence-electron chi connectivity index (χ0n) is 9.20. The van der Waals surface area contributed by atoms with E-state index in [1.54, 1.807) is 0 Å². The Morgan fingerprint density at radius 2 is 1.94 bits per heavy atom. The Kier molecular flexibility index (Phi) is 2.31. The first-order valence-electron chi connectivity index (χ1n) is 5.43. The van der Waals surface area contributed by atoms with Crippen molar-refractivity contribution in [2.75, 3.05) is 16.6 Å². The average Bonchev–Trinajstić information content (AvgIpc) is 2.78. The van der Waals surface area contributed by atoms with Crippen LogP contribution >= 0.6 is 0 Å². The minimum absolute atomic E-state index is 0.521. The van der Waals surface area contributed by atoms with E-state index >= 15 is 0 Å². The molecule has 1 aliphatic rings. The largest absolute Gasteiger partial charge is 0.384 e. The van der Waals surface area contributed by atoms with E-state index in [1.807, 2.05) is 24.3 Å². The summed E-state index contributed by atoms with van der Waals surface area (Å²) in [6.45, 7) is 0. The normalized spacial score (nSPS) is 12.7. The van der Waals surface area contributed by atoms with Crippen molar-refractivity contribution in [1.29, 1.82) is 0 Å². The number of nitrogens with zero attached hydrogens (tertiary/aromatic N) is 1. The first kappa shape index (κ1) is 9.92. The van der Waals surface area contributed by atoms with Crippen LogP contribution in [0.15, 0.2) is 36.4 Å². The zero-order valence-corrected chi connectivity index (χ0v) is 9.20. The maximum Gasteiger partial charge on any atom is 0.169 e. The summed E-state index contributed by atoms with van der Waals surface area (Å²) in [5, 5.41) is 0. The van der Waals surface area contributed by atoms with Crippen LogP contribution in [0.1, 0.15) is 11.1 Å². The van der Waals surface area contributed by atoms with E-state index in [9.17, 15) is 0 Å². The third-order valence-corrected chi connectivity index (χ3v) is 2.73. The van der Waals surface area contributed by atoms with E-state index in [1.165, 1.54) is 5.56 Å². The predicted octanol–water partition coefficient (Wildman–Crippen LogP) is 1.51. The minimum atomic E-state index is 0.521. The van der Waals surface area contributed by atoms with Crippen LogP contribution in [0.4, 0.5) is 17.3 Å². The Morgan fingerprint density at radius 1 is 1.12 bits per heavy atom. The zero-order chi connectivity index (χ0) is 11.7. The first-order chi connectivity index (χ1) is 8.33. The van der Waals surface area contributed by atoms with Crippen molar-refractivity contribution < 1.29 is 0 Å². The maximum absolute atomic E-state index is 5.78. The molecule has 1 aliphatic heterocycles. The predicted molar refractivity (Wildman–Crippen MR) is 68.3 cm³/mol. The second-order valence-corrected chi connectivity index (χ2v) is 3.97. The van der Waals surface area contributed by atoms with Gasteiger partial charge in [0.1, 0.15) is 5.82 Å². The molecule has 17 heavy (non-hydrogen) atoms. The molecule has 1 aromatic carbocycles. The summed E-state index contributed by atoms with van der Waals surface area (Å²) < 4.78 is 0. The smallest absolute Gasteiger partial charge is 0.169 e. The Labute approximate surface area is 99.0 Å². The molecule has 0 aliphatic carbocycles. The molecule has 2 heterocycles. The molecule has 3 rings (SSSR count). The van der Waals surface area contributed by atoms with Crippen molar-refractivity contribution >= 4 is 17.3 Å². The van der Waals surface area contributed by atoms with Crippen molar-refractivity contribution in [3.8, 4) is 0 Å². The van der Waals surface area contributed by atoms with Crippen LogP contribution < -0.4 is 22.1 Å². The van der Waals surface area contributed by atoms with Crippen molar-refractivity contribution in [1.82, 2.24) is 10.5 Å². The Balaban J connectivity index is 1.98. The van der Waals surface area contributed by atoms with Gasteiger partial charge in [-0.1, -0.05) is 30.3 Å². The molecule has 0 fully saturated rings. The van der Waals surface area contributed by atoms with E-state index < -0.39 is 0 Å². The van der Waals surface area contributed by atoms with Gasteiger partial charge in [-0.05, 0) is 23.6 Å². The van der Waals surface area contributed by atoms with Crippen LogP contribution in [0, 0.1) is 0 Å². The van der Waals surface area contributed by atoms with Crippen LogP contribution in [0.25, 0.3) is 0 Å². The van der Waals surface area contributed by atoms with Gasteiger partial charge in [0.05, 0.1) is 5.69 Å². The molecular formula is C12H13N5. The van der Waals surface area contributed by atoms with Crippen LogP contribution in [-0.2, 0) is 6.42 Å². The van der Waals surface area contributed by atoms with Crippen molar-refractivity contribution in [3.63, 3.8) is 0 Å². The van der Waals surface area contributed by atoms with Gasteiger partial charge in [-0.3, -0.25) is 5.43 Å². The number of hydrogen-bond donors (Lipinski definition) is 4. The van der Waals surface area contributed by atoms with Gasteiger partial charge in [0.2, 0.25) is 0 Å². The van der Waals surface area contributed by atoms with Gasteiger partial charge in [0, 0.05) is 0 Å². The number of benzene rings is 1. The highest BCUT2D eigenvalue weighted by Gasteiger charge is 2.16. The summed E-state index contributed by atoms with van der Waals surface area (Å²) in [4.78, 5) is 4.20. The van der Waals surface area contributed by atoms with Crippen molar-refractivity contribution in [2.45, 2.75) is 6.42 Å². The standard InChI is InChI=1S/C12H13N5/c13-10-7-9(6-8-4-2-1-3-5-8)11-12(14-10)16-17-15-11/h1-5,7,15,17H,6H2,(H3,13,14,16). The summed E-state index contributed by atoms with van der Waals surface area (Å²) in [7, 11) is 0. The van der Waals surface area contributed by atoms with E-state index in [-0.39, 0.29) is 0 Å². The topological polar surface area (TPSA) is 75.0 Å². The Bertz CT molecular complexity index is 538. The molecule has 5 N–H and O–H groups in total. The second-order valence-electron chi connectivity index (χ2n) is 3.97. The summed E-state index contributed by atoms with van der Waals surface area (Å²) in [5.41, 5.74) is 17.9. The summed E-state index contributed by atoms with van der Waals surface area (Å²) in [6.07, 6.45) is 0.826. The van der Waals surface area contributed by atoms with Gasteiger partial charge in [-0.15, -0.1) is 5.53 Å². The van der Waals surface area contributed by atoms with E-state index in [4.69, 9.17) is 5.73 Å². The number of pyridine rings is 1. The van der Waals surface area contributed by atoms with Crippen LogP contribution in [0.5, 0.6) is 0 Å². The molecule has 0 radical (unpaired) electrons. The van der Waals surface area contributed by atoms with Crippen LogP contribution in [-0.4, -0.2) is 4.98 Å². The second kappa shape index (κ2) is 3.95. The van der Waals surface area contributed by atoms with Gasteiger partial charge in [0.15, 0.2) is 5.82 Å². The van der Waals surface area contributed by atoms with Gasteiger partial charge >= 0.3 is 0 Å². The number of hydrogen-bond acceptors (Lipinski definition) is 5. The number of rotatable bonds is 2. The SMILES string of the molecule is Nc1cc(Cc2ccccc2)c2c(n1)NNN2. The van der Waals surface area contributed by atoms with Gasteiger partial charge in [-0.25, -0.2) is 4.98 Å². The monoisotopic (exact) mass is 227 g/mol. The molecule has 0 unspecified atom stereocenters. The molecule has 86 valence electrons. The molecule has 0 amide bonds. The van der Waals surface area contributed by atoms with Crippen molar-refractivity contribution in [3.05, 3.63) is 47.5 Å². The molecule has 2 aromatic rings. The quantitative estimate of drug-likeness (QED) is 0.626. The van der Waals surface area contributed by atoms with Crippen LogP contribution in [0.3, 0.4) is 0 Å². The molecule has 0 saturated carbocycles. The fourth-order valence-electron chi connectivity index (χ4n) is 1.96.